The summed E-state index contributed by atoms with van der Waals surface area (Å²) >= 11 is 0. The van der Waals surface area contributed by atoms with Crippen LogP contribution in [0.25, 0.3) is 0 Å². The number of hydrogen-bond donors (Lipinski definition) is 1. The maximum absolute atomic E-state index is 12.4. The van der Waals surface area contributed by atoms with Gasteiger partial charge in [0.25, 0.3) is 0 Å². The highest BCUT2D eigenvalue weighted by Gasteiger charge is 2.24. The largest absolute Gasteiger partial charge is 0.338 e. The quantitative estimate of drug-likeness (QED) is 0.900. The lowest BCUT2D eigenvalue weighted by atomic mass is 9.94. The number of aromatic nitrogens is 4. The van der Waals surface area contributed by atoms with E-state index in [-0.39, 0.29) is 6.03 Å². The van der Waals surface area contributed by atoms with E-state index in [9.17, 15) is 4.79 Å². The van der Waals surface area contributed by atoms with Gasteiger partial charge in [-0.25, -0.2) is 9.78 Å². The molecule has 7 heteroatoms. The van der Waals surface area contributed by atoms with Gasteiger partial charge in [-0.2, -0.15) is 5.10 Å². The molecule has 0 saturated carbocycles. The first kappa shape index (κ1) is 16.5. The summed E-state index contributed by atoms with van der Waals surface area (Å²) in [6.45, 7) is 2.30. The highest BCUT2D eigenvalue weighted by molar-refractivity contribution is 5.74. The van der Waals surface area contributed by atoms with E-state index >= 15 is 0 Å². The number of carbonyl (C=O) groups excluding carboxylic acids is 1. The van der Waals surface area contributed by atoms with Crippen LogP contribution < -0.4 is 5.32 Å². The molecule has 24 heavy (non-hydrogen) atoms. The molecule has 0 bridgehead atoms. The van der Waals surface area contributed by atoms with Crippen LogP contribution in [-0.2, 0) is 26.9 Å². The summed E-state index contributed by atoms with van der Waals surface area (Å²) in [5, 5.41) is 7.17. The average Bonchev–Trinajstić information content (AvgIpc) is 3.16. The van der Waals surface area contributed by atoms with Crippen LogP contribution in [0.2, 0.25) is 0 Å². The molecule has 130 valence electrons. The molecule has 0 spiro atoms. The molecule has 1 atom stereocenters. The van der Waals surface area contributed by atoms with Crippen molar-refractivity contribution in [1.29, 1.82) is 0 Å². The fourth-order valence-corrected chi connectivity index (χ4v) is 3.29. The first-order chi connectivity index (χ1) is 11.6. The van der Waals surface area contributed by atoms with Crippen molar-refractivity contribution >= 4 is 6.03 Å². The van der Waals surface area contributed by atoms with E-state index in [0.717, 1.165) is 50.2 Å². The normalized spacial score (nSPS) is 17.9. The van der Waals surface area contributed by atoms with Crippen LogP contribution in [0, 0.1) is 5.92 Å². The Labute approximate surface area is 142 Å². The third-order valence-corrected chi connectivity index (χ3v) is 4.65. The minimum absolute atomic E-state index is 0.0448. The molecule has 0 aliphatic carbocycles. The number of nitrogens with zero attached hydrogens (tertiary/aromatic N) is 5. The predicted octanol–water partition coefficient (Wildman–Crippen LogP) is 1.36. The van der Waals surface area contributed by atoms with Crippen molar-refractivity contribution in [1.82, 2.24) is 29.5 Å². The Morgan fingerprint density at radius 2 is 2.29 bits per heavy atom. The van der Waals surface area contributed by atoms with Crippen LogP contribution >= 0.6 is 0 Å². The second kappa shape index (κ2) is 7.51. The summed E-state index contributed by atoms with van der Waals surface area (Å²) in [6, 6.07) is 0.0448. The van der Waals surface area contributed by atoms with Crippen LogP contribution in [-0.4, -0.2) is 49.9 Å². The first-order valence-corrected chi connectivity index (χ1v) is 8.58. The van der Waals surface area contributed by atoms with Crippen molar-refractivity contribution in [3.8, 4) is 0 Å². The average molecular weight is 330 g/mol. The SMILES string of the molecule is Cn1cc(CCNC(=O)N2CCC[C@H](Cc3nccn3C)C2)cn1. The Morgan fingerprint density at radius 3 is 3.00 bits per heavy atom. The minimum atomic E-state index is 0.0448. The summed E-state index contributed by atoms with van der Waals surface area (Å²) in [4.78, 5) is 18.7. The molecule has 1 N–H and O–H groups in total. The summed E-state index contributed by atoms with van der Waals surface area (Å²) in [7, 11) is 3.92. The molecule has 0 radical (unpaired) electrons. The van der Waals surface area contributed by atoms with Crippen molar-refractivity contribution in [3.63, 3.8) is 0 Å². The van der Waals surface area contributed by atoms with Crippen LogP contribution in [0.15, 0.2) is 24.8 Å². The zero-order chi connectivity index (χ0) is 16.9. The van der Waals surface area contributed by atoms with Gasteiger partial charge in [-0.15, -0.1) is 0 Å². The van der Waals surface area contributed by atoms with Gasteiger partial charge in [-0.1, -0.05) is 0 Å². The molecule has 0 aromatic carbocycles. The van der Waals surface area contributed by atoms with Gasteiger partial charge in [0.15, 0.2) is 0 Å². The molecule has 1 fully saturated rings. The summed E-state index contributed by atoms with van der Waals surface area (Å²) in [5.74, 6) is 1.59. The second-order valence-electron chi connectivity index (χ2n) is 6.62. The monoisotopic (exact) mass is 330 g/mol. The first-order valence-electron chi connectivity index (χ1n) is 8.58. The van der Waals surface area contributed by atoms with E-state index < -0.39 is 0 Å². The van der Waals surface area contributed by atoms with Crippen molar-refractivity contribution in [2.24, 2.45) is 20.0 Å². The number of likely N-dealkylation sites (tertiary alicyclic amines) is 1. The lowest BCUT2D eigenvalue weighted by Crippen LogP contribution is -2.46. The van der Waals surface area contributed by atoms with Crippen LogP contribution in [0.5, 0.6) is 0 Å². The fourth-order valence-electron chi connectivity index (χ4n) is 3.29. The Hall–Kier alpha value is -2.31. The molecule has 3 rings (SSSR count). The smallest absolute Gasteiger partial charge is 0.317 e. The topological polar surface area (TPSA) is 68.0 Å². The van der Waals surface area contributed by atoms with Gasteiger partial charge in [0.05, 0.1) is 6.20 Å². The number of rotatable bonds is 5. The van der Waals surface area contributed by atoms with E-state index in [1.54, 1.807) is 4.68 Å². The fraction of sp³-hybridized carbons (Fsp3) is 0.588. The molecule has 0 unspecified atom stereocenters. The molecule has 1 aliphatic heterocycles. The molecule has 2 amide bonds. The van der Waals surface area contributed by atoms with Gasteiger partial charge < -0.3 is 14.8 Å². The maximum Gasteiger partial charge on any atom is 0.317 e. The number of imidazole rings is 1. The lowest BCUT2D eigenvalue weighted by Gasteiger charge is -2.32. The van der Waals surface area contributed by atoms with Crippen LogP contribution in [0.1, 0.15) is 24.2 Å². The van der Waals surface area contributed by atoms with E-state index in [2.05, 4.69) is 20.0 Å². The Bertz CT molecular complexity index is 676. The Balaban J connectivity index is 1.45. The van der Waals surface area contributed by atoms with Gasteiger partial charge in [0.1, 0.15) is 5.82 Å². The molecule has 1 saturated heterocycles. The van der Waals surface area contributed by atoms with Crippen molar-refractivity contribution < 1.29 is 4.79 Å². The highest BCUT2D eigenvalue weighted by Crippen LogP contribution is 2.20. The van der Waals surface area contributed by atoms with Gasteiger partial charge in [-0.3, -0.25) is 4.68 Å². The number of urea groups is 1. The molecule has 7 nitrogen and oxygen atoms in total. The molecular formula is C17H26N6O. The summed E-state index contributed by atoms with van der Waals surface area (Å²) in [5.41, 5.74) is 1.14. The van der Waals surface area contributed by atoms with Gasteiger partial charge in [0, 0.05) is 58.7 Å². The maximum atomic E-state index is 12.4. The molecule has 2 aromatic heterocycles. The number of aryl methyl sites for hydroxylation is 2. The predicted molar refractivity (Wildman–Crippen MR) is 91.5 cm³/mol. The minimum Gasteiger partial charge on any atom is -0.338 e. The van der Waals surface area contributed by atoms with Crippen molar-refractivity contribution in [2.75, 3.05) is 19.6 Å². The number of hydrogen-bond acceptors (Lipinski definition) is 3. The molecule has 3 heterocycles. The standard InChI is InChI=1S/C17H26N6O/c1-21-9-7-18-16(21)10-14-4-3-8-23(13-14)17(24)19-6-5-15-11-20-22(2)12-15/h7,9,11-12,14H,3-6,8,10,13H2,1-2H3,(H,19,24)/t14-/m1/s1. The van der Waals surface area contributed by atoms with E-state index in [1.807, 2.05) is 43.8 Å². The van der Waals surface area contributed by atoms with Crippen LogP contribution in [0.3, 0.4) is 0 Å². The lowest BCUT2D eigenvalue weighted by molar-refractivity contribution is 0.164. The molecule has 1 aliphatic rings. The zero-order valence-corrected chi connectivity index (χ0v) is 14.5. The number of piperidine rings is 1. The van der Waals surface area contributed by atoms with Crippen LogP contribution in [0.4, 0.5) is 4.79 Å². The summed E-state index contributed by atoms with van der Waals surface area (Å²) in [6.07, 6.45) is 11.6. The number of amides is 2. The molecule has 2 aromatic rings. The van der Waals surface area contributed by atoms with E-state index in [4.69, 9.17) is 0 Å². The van der Waals surface area contributed by atoms with Gasteiger partial charge in [0.2, 0.25) is 0 Å². The Morgan fingerprint density at radius 1 is 1.42 bits per heavy atom. The van der Waals surface area contributed by atoms with Crippen molar-refractivity contribution in [2.45, 2.75) is 25.7 Å². The zero-order valence-electron chi connectivity index (χ0n) is 14.5. The highest BCUT2D eigenvalue weighted by atomic mass is 16.2. The molecular weight excluding hydrogens is 304 g/mol. The second-order valence-corrected chi connectivity index (χ2v) is 6.62. The van der Waals surface area contributed by atoms with Crippen molar-refractivity contribution in [3.05, 3.63) is 36.2 Å². The Kier molecular flexibility index (Phi) is 5.17. The summed E-state index contributed by atoms with van der Waals surface area (Å²) < 4.78 is 3.84. The number of carbonyl (C=O) groups is 1. The van der Waals surface area contributed by atoms with Gasteiger partial charge in [-0.05, 0) is 30.7 Å². The van der Waals surface area contributed by atoms with Gasteiger partial charge >= 0.3 is 6.03 Å². The van der Waals surface area contributed by atoms with E-state index in [0.29, 0.717) is 12.5 Å². The third-order valence-electron chi connectivity index (χ3n) is 4.65. The van der Waals surface area contributed by atoms with E-state index in [1.165, 1.54) is 0 Å². The number of nitrogens with one attached hydrogen (secondary N) is 1. The third kappa shape index (κ3) is 4.15.